The Balaban J connectivity index is -0.000000180. The van der Waals surface area contributed by atoms with Gasteiger partial charge in [0.05, 0.1) is 0 Å². The summed E-state index contributed by atoms with van der Waals surface area (Å²) >= 11 is 0. The van der Waals surface area contributed by atoms with Crippen molar-refractivity contribution in [2.45, 2.75) is 0 Å². The van der Waals surface area contributed by atoms with Crippen molar-refractivity contribution in [3.63, 3.8) is 0 Å². The average Bonchev–Trinajstić information content (AvgIpc) is 2.21. The van der Waals surface area contributed by atoms with Crippen LogP contribution in [0.2, 0.25) is 0 Å². The van der Waals surface area contributed by atoms with Crippen LogP contribution in [-0.4, -0.2) is 75.1 Å². The van der Waals surface area contributed by atoms with E-state index in [0.717, 1.165) is 26.2 Å². The molecule has 2 nitrogen and oxygen atoms in total. The van der Waals surface area contributed by atoms with E-state index in [0.29, 0.717) is 0 Å². The molecule has 0 aliphatic rings. The van der Waals surface area contributed by atoms with Crippen molar-refractivity contribution in [2.75, 3.05) is 26.2 Å². The predicted octanol–water partition coefficient (Wildman–Crippen LogP) is 3.08. The maximum atomic E-state index is 3.97. The summed E-state index contributed by atoms with van der Waals surface area (Å²) in [4.78, 5) is 0. The van der Waals surface area contributed by atoms with E-state index in [4.69, 9.17) is 0 Å². The Kier molecular flexibility index (Phi) is 33.2. The molecule has 80 valence electrons. The second kappa shape index (κ2) is 23.9. The van der Waals surface area contributed by atoms with Crippen molar-refractivity contribution in [3.8, 4) is 0 Å². The van der Waals surface area contributed by atoms with Gasteiger partial charge in [0.2, 0.25) is 0 Å². The molecule has 0 heterocycles. The first-order chi connectivity index (χ1) is 6.83. The van der Waals surface area contributed by atoms with Crippen LogP contribution in [-0.2, 0) is 0 Å². The van der Waals surface area contributed by atoms with Gasteiger partial charge in [0.25, 0.3) is 0 Å². The topological polar surface area (TPSA) is 28.2 Å². The molecule has 0 amide bonds. The van der Waals surface area contributed by atoms with Crippen LogP contribution < -0.4 is 0 Å². The van der Waals surface area contributed by atoms with E-state index in [9.17, 15) is 0 Å². The van der Waals surface area contributed by atoms with Gasteiger partial charge in [-0.2, -0.15) is 0 Å². The standard InChI is InChI=1S/2C6H10N.Ba/c2*1-3-5-7-6-4-2;/h2*3-4H,1-2,5-6H2;/q2*-1;+2. The van der Waals surface area contributed by atoms with Gasteiger partial charge in [0.1, 0.15) is 0 Å². The first-order valence-corrected chi connectivity index (χ1v) is 4.53. The predicted molar refractivity (Wildman–Crippen MR) is 72.7 cm³/mol. The normalized spacial score (nSPS) is 7.47. The monoisotopic (exact) mass is 330 g/mol. The van der Waals surface area contributed by atoms with Crippen molar-refractivity contribution in [2.24, 2.45) is 0 Å². The van der Waals surface area contributed by atoms with Gasteiger partial charge < -0.3 is 10.6 Å². The molecule has 0 fully saturated rings. The molecule has 0 saturated heterocycles. The van der Waals surface area contributed by atoms with Crippen LogP contribution in [0.1, 0.15) is 0 Å². The zero-order chi connectivity index (χ0) is 11.1. The van der Waals surface area contributed by atoms with E-state index >= 15 is 0 Å². The molecule has 0 spiro atoms. The molecule has 0 N–H and O–H groups in total. The fraction of sp³-hybridized carbons (Fsp3) is 0.333. The van der Waals surface area contributed by atoms with Crippen molar-refractivity contribution in [3.05, 3.63) is 61.3 Å². The molecule has 15 heavy (non-hydrogen) atoms. The van der Waals surface area contributed by atoms with E-state index in [-0.39, 0.29) is 48.9 Å². The van der Waals surface area contributed by atoms with Gasteiger partial charge in [-0.3, -0.25) is 0 Å². The van der Waals surface area contributed by atoms with E-state index in [2.05, 4.69) is 36.9 Å². The van der Waals surface area contributed by atoms with Gasteiger partial charge in [0, 0.05) is 0 Å². The van der Waals surface area contributed by atoms with Crippen LogP contribution in [0.5, 0.6) is 0 Å². The Morgan fingerprint density at radius 2 is 0.800 bits per heavy atom. The van der Waals surface area contributed by atoms with Gasteiger partial charge >= 0.3 is 48.9 Å². The molecule has 0 aromatic rings. The van der Waals surface area contributed by atoms with Gasteiger partial charge in [0.15, 0.2) is 0 Å². The molecule has 0 aromatic heterocycles. The molecular weight excluding hydrogens is 309 g/mol. The summed E-state index contributed by atoms with van der Waals surface area (Å²) in [6.07, 6.45) is 7.07. The Bertz CT molecular complexity index is 122. The third-order valence-corrected chi connectivity index (χ3v) is 1.03. The summed E-state index contributed by atoms with van der Waals surface area (Å²) in [5, 5.41) is 7.94. The van der Waals surface area contributed by atoms with Crippen LogP contribution in [0.4, 0.5) is 0 Å². The Morgan fingerprint density at radius 3 is 0.933 bits per heavy atom. The Hall–Kier alpha value is 0.451. The van der Waals surface area contributed by atoms with Crippen molar-refractivity contribution >= 4 is 48.9 Å². The maximum Gasteiger partial charge on any atom is 2.00 e. The number of rotatable bonds is 8. The molecule has 0 saturated carbocycles. The van der Waals surface area contributed by atoms with Crippen LogP contribution in [0.3, 0.4) is 0 Å². The largest absolute Gasteiger partial charge is 2.00 e. The molecule has 0 aliphatic heterocycles. The first-order valence-electron chi connectivity index (χ1n) is 4.53. The van der Waals surface area contributed by atoms with Crippen LogP contribution in [0, 0.1) is 0 Å². The van der Waals surface area contributed by atoms with Gasteiger partial charge in [-0.25, -0.2) is 0 Å². The third kappa shape index (κ3) is 31.4. The van der Waals surface area contributed by atoms with Crippen LogP contribution in [0.25, 0.3) is 10.6 Å². The summed E-state index contributed by atoms with van der Waals surface area (Å²) in [6.45, 7) is 17.0. The van der Waals surface area contributed by atoms with E-state index in [1.165, 1.54) is 0 Å². The number of nitrogens with zero attached hydrogens (tertiary/aromatic N) is 2. The summed E-state index contributed by atoms with van der Waals surface area (Å²) < 4.78 is 0. The second-order valence-electron chi connectivity index (χ2n) is 2.33. The third-order valence-electron chi connectivity index (χ3n) is 1.03. The molecular formula is C12H20BaN2. The zero-order valence-electron chi connectivity index (χ0n) is 9.57. The molecule has 0 aliphatic carbocycles. The van der Waals surface area contributed by atoms with E-state index < -0.39 is 0 Å². The first kappa shape index (κ1) is 20.8. The molecule has 0 aromatic carbocycles. The summed E-state index contributed by atoms with van der Waals surface area (Å²) in [5.41, 5.74) is 0. The van der Waals surface area contributed by atoms with Crippen molar-refractivity contribution in [1.29, 1.82) is 0 Å². The molecule has 0 atom stereocenters. The van der Waals surface area contributed by atoms with Gasteiger partial charge in [-0.05, 0) is 0 Å². The van der Waals surface area contributed by atoms with Crippen LogP contribution >= 0.6 is 0 Å². The molecule has 0 bridgehead atoms. The Morgan fingerprint density at radius 1 is 0.600 bits per heavy atom. The summed E-state index contributed by atoms with van der Waals surface area (Å²) in [7, 11) is 0. The SMILES string of the molecule is C=CC[N-]CC=C.C=CC[N-]CC=C.[Ba+2]. The number of hydrogen-bond donors (Lipinski definition) is 0. The average molecular weight is 330 g/mol. The molecule has 3 heteroatoms. The fourth-order valence-electron chi connectivity index (χ4n) is 0.514. The number of hydrogen-bond acceptors (Lipinski definition) is 0. The molecule has 0 rings (SSSR count). The van der Waals surface area contributed by atoms with Crippen LogP contribution in [0.15, 0.2) is 50.6 Å². The summed E-state index contributed by atoms with van der Waals surface area (Å²) in [5.74, 6) is 0. The van der Waals surface area contributed by atoms with E-state index in [1.54, 1.807) is 24.3 Å². The Labute approximate surface area is 135 Å². The van der Waals surface area contributed by atoms with Gasteiger partial charge in [-0.15, -0.1) is 76.8 Å². The van der Waals surface area contributed by atoms with Gasteiger partial charge in [-0.1, -0.05) is 0 Å². The minimum Gasteiger partial charge on any atom is -0.656 e. The minimum absolute atomic E-state index is 0. The smallest absolute Gasteiger partial charge is 0.656 e. The zero-order valence-corrected chi connectivity index (χ0v) is 14.0. The molecule has 0 radical (unpaired) electrons. The maximum absolute atomic E-state index is 3.97. The second-order valence-corrected chi connectivity index (χ2v) is 2.33. The van der Waals surface area contributed by atoms with Crippen molar-refractivity contribution in [1.82, 2.24) is 0 Å². The summed E-state index contributed by atoms with van der Waals surface area (Å²) in [6, 6.07) is 0. The molecule has 0 unspecified atom stereocenters. The quantitative estimate of drug-likeness (QED) is 0.372. The van der Waals surface area contributed by atoms with E-state index in [1.807, 2.05) is 0 Å². The van der Waals surface area contributed by atoms with Crippen molar-refractivity contribution < 1.29 is 0 Å². The fourth-order valence-corrected chi connectivity index (χ4v) is 0.514. The minimum atomic E-state index is 0.